The van der Waals surface area contributed by atoms with Gasteiger partial charge in [-0.1, -0.05) is 88.4 Å². The van der Waals surface area contributed by atoms with Gasteiger partial charge in [0.05, 0.1) is 30.1 Å². The number of rotatable bonds is 9. The summed E-state index contributed by atoms with van der Waals surface area (Å²) in [6.45, 7) is 14.3. The fraction of sp³-hybridized carbons (Fsp3) is 0.571. The number of aliphatic hydroxyl groups is 1. The normalized spacial score (nSPS) is 30.7. The molecule has 232 valence electrons. The third kappa shape index (κ3) is 5.48. The van der Waals surface area contributed by atoms with Gasteiger partial charge in [0.25, 0.3) is 0 Å². The number of likely N-dealkylation sites (tertiary alicyclic amines) is 1. The Balaban J connectivity index is 1.56. The highest BCUT2D eigenvalue weighted by molar-refractivity contribution is 5.99. The number of carbonyl (C=O) groups is 3. The van der Waals surface area contributed by atoms with Gasteiger partial charge in [-0.25, -0.2) is 0 Å². The lowest BCUT2D eigenvalue weighted by Crippen LogP contribution is -2.60. The van der Waals surface area contributed by atoms with Gasteiger partial charge in [0, 0.05) is 12.1 Å². The molecule has 43 heavy (non-hydrogen) atoms. The zero-order valence-electron chi connectivity index (χ0n) is 26.5. The van der Waals surface area contributed by atoms with Gasteiger partial charge in [0.1, 0.15) is 11.6 Å². The molecule has 1 spiro atoms. The van der Waals surface area contributed by atoms with Gasteiger partial charge in [-0.15, -0.1) is 0 Å². The predicted octanol–water partition coefficient (Wildman–Crippen LogP) is 4.38. The average Bonchev–Trinajstić information content (AvgIpc) is 3.44. The molecule has 8 heteroatoms. The van der Waals surface area contributed by atoms with E-state index in [1.54, 1.807) is 0 Å². The Morgan fingerprint density at radius 1 is 1.02 bits per heavy atom. The molecule has 2 aromatic carbocycles. The van der Waals surface area contributed by atoms with Crippen molar-refractivity contribution in [2.24, 2.45) is 23.2 Å². The number of ether oxygens (including phenoxy) is 1. The number of amides is 3. The highest BCUT2D eigenvalue weighted by atomic mass is 16.5. The Kier molecular flexibility index (Phi) is 8.01. The number of hydrogen-bond acceptors (Lipinski definition) is 5. The van der Waals surface area contributed by atoms with Crippen LogP contribution in [0.2, 0.25) is 0 Å². The highest BCUT2D eigenvalue weighted by Crippen LogP contribution is 2.66. The van der Waals surface area contributed by atoms with Gasteiger partial charge in [0.15, 0.2) is 0 Å². The quantitative estimate of drug-likeness (QED) is 0.403. The standard InChI is InChI=1S/C35H47N3O5/c1-22-18-35-27(26(34(22,7)43-35)29(40)36-19-23-14-10-8-11-15-23)31(42)38(25(20-39)24-16-12-9-13-17-24)28(35)30(41)37-33(5,6)21-32(2,3)4/h8-17,22,25-28,39H,18-21H2,1-7H3,(H,36,40)(H,37,41)/t22?,25-,26-,27+,28?,34+,35?/m1/s1. The summed E-state index contributed by atoms with van der Waals surface area (Å²) < 4.78 is 6.88. The smallest absolute Gasteiger partial charge is 0.246 e. The van der Waals surface area contributed by atoms with E-state index in [4.69, 9.17) is 4.74 Å². The molecule has 3 aliphatic rings. The second kappa shape index (κ2) is 11.0. The molecule has 3 amide bonds. The van der Waals surface area contributed by atoms with Crippen molar-refractivity contribution in [1.29, 1.82) is 0 Å². The Morgan fingerprint density at radius 3 is 2.21 bits per heavy atom. The van der Waals surface area contributed by atoms with Gasteiger partial charge in [-0.05, 0) is 56.1 Å². The van der Waals surface area contributed by atoms with Crippen molar-refractivity contribution >= 4 is 17.7 Å². The van der Waals surface area contributed by atoms with E-state index in [9.17, 15) is 19.5 Å². The van der Waals surface area contributed by atoms with Crippen LogP contribution in [0.1, 0.15) is 78.5 Å². The first kappa shape index (κ1) is 31.2. The lowest BCUT2D eigenvalue weighted by Gasteiger charge is -2.40. The average molecular weight is 590 g/mol. The Hall–Kier alpha value is -3.23. The summed E-state index contributed by atoms with van der Waals surface area (Å²) in [6.07, 6.45) is 1.17. The third-order valence-electron chi connectivity index (χ3n) is 9.72. The molecule has 8 nitrogen and oxygen atoms in total. The minimum Gasteiger partial charge on any atom is -0.394 e. The van der Waals surface area contributed by atoms with E-state index in [0.717, 1.165) is 11.1 Å². The number of nitrogens with one attached hydrogen (secondary N) is 2. The predicted molar refractivity (Wildman–Crippen MR) is 164 cm³/mol. The van der Waals surface area contributed by atoms with Crippen molar-refractivity contribution in [3.05, 3.63) is 71.8 Å². The minimum absolute atomic E-state index is 0.0489. The van der Waals surface area contributed by atoms with Crippen LogP contribution < -0.4 is 10.6 Å². The van der Waals surface area contributed by atoms with Crippen LogP contribution >= 0.6 is 0 Å². The highest BCUT2D eigenvalue weighted by Gasteiger charge is 2.80. The summed E-state index contributed by atoms with van der Waals surface area (Å²) in [6, 6.07) is 17.1. The Labute approximate surface area is 255 Å². The number of aliphatic hydroxyl groups excluding tert-OH is 1. The van der Waals surface area contributed by atoms with E-state index in [1.807, 2.05) is 88.4 Å². The van der Waals surface area contributed by atoms with E-state index in [-0.39, 0.29) is 35.7 Å². The maximum absolute atomic E-state index is 14.7. The Bertz CT molecular complexity index is 1360. The molecule has 5 rings (SSSR count). The molecule has 3 heterocycles. The SMILES string of the molecule is CC1CC23O[C@]1(C)[C@@H](C(=O)NCc1ccccc1)[C@H]2C(=O)N([C@H](CO)c1ccccc1)C3C(=O)NC(C)(C)CC(C)(C)C. The van der Waals surface area contributed by atoms with Crippen LogP contribution in [0.4, 0.5) is 0 Å². The molecule has 2 aromatic rings. The first-order valence-corrected chi connectivity index (χ1v) is 15.5. The second-order valence-corrected chi connectivity index (χ2v) is 14.9. The summed E-state index contributed by atoms with van der Waals surface area (Å²) in [5, 5.41) is 17.0. The van der Waals surface area contributed by atoms with Crippen molar-refractivity contribution in [2.75, 3.05) is 6.61 Å². The summed E-state index contributed by atoms with van der Waals surface area (Å²) in [4.78, 5) is 44.7. The van der Waals surface area contributed by atoms with Crippen LogP contribution in [-0.4, -0.2) is 57.1 Å². The summed E-state index contributed by atoms with van der Waals surface area (Å²) in [7, 11) is 0. The van der Waals surface area contributed by atoms with Crippen LogP contribution in [0.15, 0.2) is 60.7 Å². The van der Waals surface area contributed by atoms with Crippen LogP contribution in [-0.2, 0) is 25.7 Å². The minimum atomic E-state index is -1.20. The van der Waals surface area contributed by atoms with Gasteiger partial charge < -0.3 is 25.4 Å². The first-order chi connectivity index (χ1) is 20.1. The molecule has 0 radical (unpaired) electrons. The fourth-order valence-electron chi connectivity index (χ4n) is 8.41. The number of fused-ring (bicyclic) bond motifs is 1. The number of nitrogens with zero attached hydrogens (tertiary/aromatic N) is 1. The molecule has 3 fully saturated rings. The van der Waals surface area contributed by atoms with Crippen molar-refractivity contribution in [3.8, 4) is 0 Å². The lowest BCUT2D eigenvalue weighted by molar-refractivity contribution is -0.151. The van der Waals surface area contributed by atoms with Gasteiger partial charge >= 0.3 is 0 Å². The van der Waals surface area contributed by atoms with Gasteiger partial charge in [-0.3, -0.25) is 14.4 Å². The van der Waals surface area contributed by atoms with E-state index in [1.165, 1.54) is 4.90 Å². The van der Waals surface area contributed by atoms with Crippen molar-refractivity contribution in [2.45, 2.75) is 96.7 Å². The van der Waals surface area contributed by atoms with E-state index in [0.29, 0.717) is 19.4 Å². The van der Waals surface area contributed by atoms with E-state index >= 15 is 0 Å². The van der Waals surface area contributed by atoms with E-state index < -0.39 is 40.7 Å². The zero-order valence-corrected chi connectivity index (χ0v) is 26.5. The van der Waals surface area contributed by atoms with Crippen molar-refractivity contribution in [3.63, 3.8) is 0 Å². The third-order valence-corrected chi connectivity index (χ3v) is 9.72. The monoisotopic (exact) mass is 589 g/mol. The molecule has 0 aromatic heterocycles. The summed E-state index contributed by atoms with van der Waals surface area (Å²) in [5.41, 5.74) is -1.07. The number of carbonyl (C=O) groups excluding carboxylic acids is 3. The molecule has 7 atom stereocenters. The molecule has 0 saturated carbocycles. The zero-order chi connectivity index (χ0) is 31.4. The molecular weight excluding hydrogens is 542 g/mol. The molecule has 3 N–H and O–H groups in total. The molecule has 2 bridgehead atoms. The number of hydrogen-bond donors (Lipinski definition) is 3. The lowest BCUT2D eigenvalue weighted by atomic mass is 9.62. The fourth-order valence-corrected chi connectivity index (χ4v) is 8.41. The van der Waals surface area contributed by atoms with Crippen LogP contribution in [0.5, 0.6) is 0 Å². The summed E-state index contributed by atoms with van der Waals surface area (Å²) >= 11 is 0. The largest absolute Gasteiger partial charge is 0.394 e. The van der Waals surface area contributed by atoms with E-state index in [2.05, 4.69) is 31.4 Å². The van der Waals surface area contributed by atoms with Gasteiger partial charge in [-0.2, -0.15) is 0 Å². The molecule has 3 saturated heterocycles. The molecular formula is C35H47N3O5. The second-order valence-electron chi connectivity index (χ2n) is 14.9. The molecule has 3 aliphatic heterocycles. The maximum atomic E-state index is 14.7. The number of benzene rings is 2. The van der Waals surface area contributed by atoms with Crippen LogP contribution in [0, 0.1) is 23.2 Å². The molecule has 0 aliphatic carbocycles. The Morgan fingerprint density at radius 2 is 1.63 bits per heavy atom. The van der Waals surface area contributed by atoms with Crippen molar-refractivity contribution in [1.82, 2.24) is 15.5 Å². The first-order valence-electron chi connectivity index (χ1n) is 15.5. The summed E-state index contributed by atoms with van der Waals surface area (Å²) in [5.74, 6) is -2.62. The van der Waals surface area contributed by atoms with Crippen molar-refractivity contribution < 1.29 is 24.2 Å². The topological polar surface area (TPSA) is 108 Å². The van der Waals surface area contributed by atoms with Gasteiger partial charge in [0.2, 0.25) is 17.7 Å². The van der Waals surface area contributed by atoms with Crippen LogP contribution in [0.3, 0.4) is 0 Å². The van der Waals surface area contributed by atoms with Crippen LogP contribution in [0.25, 0.3) is 0 Å². The maximum Gasteiger partial charge on any atom is 0.246 e. The molecule has 3 unspecified atom stereocenters.